The van der Waals surface area contributed by atoms with Gasteiger partial charge < -0.3 is 0 Å². The fraction of sp³-hybridized carbons (Fsp3) is 0.0909. The van der Waals surface area contributed by atoms with Gasteiger partial charge in [-0.2, -0.15) is 11.1 Å². The predicted octanol–water partition coefficient (Wildman–Crippen LogP) is 2.46. The molecule has 2 heteroatoms. The van der Waals surface area contributed by atoms with Crippen molar-refractivity contribution in [1.82, 2.24) is 0 Å². The molecular weight excluding hydrogens is 196 g/mol. The minimum Gasteiger partial charge on any atom is -0.160 e. The quantitative estimate of drug-likeness (QED) is 0.523. The monoisotopic (exact) mass is 206 g/mol. The zero-order valence-corrected chi connectivity index (χ0v) is 9.41. The molecule has 0 nitrogen and oxygen atoms in total. The molecule has 1 aromatic rings. The van der Waals surface area contributed by atoms with Crippen molar-refractivity contribution >= 4 is 36.5 Å². The second kappa shape index (κ2) is 3.52. The van der Waals surface area contributed by atoms with Crippen LogP contribution in [0.4, 0.5) is 0 Å². The first-order valence-electron chi connectivity index (χ1n) is 4.40. The molecule has 1 atom stereocenters. The van der Waals surface area contributed by atoms with E-state index < -0.39 is 8.11 Å². The van der Waals surface area contributed by atoms with Gasteiger partial charge in [-0.05, 0) is 23.2 Å². The summed E-state index contributed by atoms with van der Waals surface area (Å²) in [4.78, 5) is 0. The van der Waals surface area contributed by atoms with E-state index in [2.05, 4.69) is 36.1 Å². The van der Waals surface area contributed by atoms with Gasteiger partial charge in [0.1, 0.15) is 0 Å². The van der Waals surface area contributed by atoms with E-state index in [1.54, 1.807) is 0 Å². The summed E-state index contributed by atoms with van der Waals surface area (Å²) in [6.07, 6.45) is 6.30. The van der Waals surface area contributed by atoms with Crippen LogP contribution in [0.2, 0.25) is 0 Å². The number of allylic oxidation sites excluding steroid dienone is 1. The SMILES string of the molecule is CC=C[SiH](Cl)c1ccc2c(c1)C=C2. The molecule has 0 aliphatic heterocycles. The van der Waals surface area contributed by atoms with E-state index in [-0.39, 0.29) is 0 Å². The summed E-state index contributed by atoms with van der Waals surface area (Å²) < 4.78 is 0. The second-order valence-electron chi connectivity index (χ2n) is 3.15. The van der Waals surface area contributed by atoms with Crippen LogP contribution in [-0.2, 0) is 0 Å². The van der Waals surface area contributed by atoms with E-state index in [0.29, 0.717) is 0 Å². The Labute approximate surface area is 84.9 Å². The maximum absolute atomic E-state index is 6.28. The standard InChI is InChI=1S/C11H11ClSi/c1-2-7-13(12)11-6-5-9-3-4-10(9)8-11/h2-8,13H,1H3. The van der Waals surface area contributed by atoms with Gasteiger partial charge in [0.05, 0.1) is 0 Å². The maximum atomic E-state index is 6.28. The lowest BCUT2D eigenvalue weighted by Gasteiger charge is -2.12. The number of hydrogen-bond donors (Lipinski definition) is 0. The number of rotatable bonds is 2. The lowest BCUT2D eigenvalue weighted by Crippen LogP contribution is -2.22. The first kappa shape index (κ1) is 8.79. The summed E-state index contributed by atoms with van der Waals surface area (Å²) in [6, 6.07) is 6.50. The Balaban J connectivity index is 2.28. The highest BCUT2D eigenvalue weighted by molar-refractivity contribution is 7.17. The molecule has 0 fully saturated rings. The Hall–Kier alpha value is -0.793. The molecule has 0 aromatic heterocycles. The van der Waals surface area contributed by atoms with Crippen molar-refractivity contribution < 1.29 is 0 Å². The molecule has 0 heterocycles. The highest BCUT2D eigenvalue weighted by Crippen LogP contribution is 2.21. The predicted molar refractivity (Wildman–Crippen MR) is 62.8 cm³/mol. The molecule has 1 unspecified atom stereocenters. The normalized spacial score (nSPS) is 15.5. The van der Waals surface area contributed by atoms with E-state index in [1.807, 2.05) is 13.0 Å². The lowest BCUT2D eigenvalue weighted by atomic mass is 9.98. The van der Waals surface area contributed by atoms with Gasteiger partial charge in [0.2, 0.25) is 0 Å². The maximum Gasteiger partial charge on any atom is 0.194 e. The molecule has 1 aromatic carbocycles. The molecular formula is C11H11ClSi. The summed E-state index contributed by atoms with van der Waals surface area (Å²) >= 11 is 6.28. The van der Waals surface area contributed by atoms with Gasteiger partial charge in [-0.15, -0.1) is 0 Å². The molecule has 0 spiro atoms. The number of halogens is 1. The van der Waals surface area contributed by atoms with E-state index in [0.717, 1.165) is 0 Å². The molecule has 0 N–H and O–H groups in total. The number of benzene rings is 1. The summed E-state index contributed by atoms with van der Waals surface area (Å²) in [7, 11) is -1.32. The van der Waals surface area contributed by atoms with Crippen LogP contribution in [0.1, 0.15) is 18.1 Å². The first-order valence-corrected chi connectivity index (χ1v) is 7.39. The fourth-order valence-corrected chi connectivity index (χ4v) is 3.45. The highest BCUT2D eigenvalue weighted by atomic mass is 35.6. The second-order valence-corrected chi connectivity index (χ2v) is 6.41. The average Bonchev–Trinajstić information content (AvgIpc) is 2.07. The zero-order chi connectivity index (χ0) is 9.26. The van der Waals surface area contributed by atoms with Crippen molar-refractivity contribution in [2.45, 2.75) is 6.92 Å². The van der Waals surface area contributed by atoms with Crippen LogP contribution in [0.15, 0.2) is 30.0 Å². The van der Waals surface area contributed by atoms with Crippen LogP contribution in [0.25, 0.3) is 12.2 Å². The van der Waals surface area contributed by atoms with Crippen LogP contribution in [0, 0.1) is 0 Å². The average molecular weight is 207 g/mol. The van der Waals surface area contributed by atoms with Crippen molar-refractivity contribution in [3.05, 3.63) is 41.1 Å². The molecule has 1 aliphatic carbocycles. The van der Waals surface area contributed by atoms with Crippen molar-refractivity contribution in [2.24, 2.45) is 0 Å². The largest absolute Gasteiger partial charge is 0.194 e. The third kappa shape index (κ3) is 1.62. The molecule has 2 rings (SSSR count). The summed E-state index contributed by atoms with van der Waals surface area (Å²) in [5, 5.41) is 1.31. The lowest BCUT2D eigenvalue weighted by molar-refractivity contribution is 1.61. The van der Waals surface area contributed by atoms with Crippen LogP contribution in [0.5, 0.6) is 0 Å². The van der Waals surface area contributed by atoms with Crippen LogP contribution in [0.3, 0.4) is 0 Å². The van der Waals surface area contributed by atoms with Gasteiger partial charge in [0.15, 0.2) is 8.11 Å². The minimum atomic E-state index is -1.32. The highest BCUT2D eigenvalue weighted by Gasteiger charge is 2.10. The molecule has 1 aliphatic rings. The number of fused-ring (bicyclic) bond motifs is 1. The Kier molecular flexibility index (Phi) is 2.38. The Morgan fingerprint density at radius 2 is 2.00 bits per heavy atom. The van der Waals surface area contributed by atoms with E-state index >= 15 is 0 Å². The molecule has 13 heavy (non-hydrogen) atoms. The van der Waals surface area contributed by atoms with Gasteiger partial charge in [-0.1, -0.05) is 42.1 Å². The van der Waals surface area contributed by atoms with E-state index in [9.17, 15) is 0 Å². The summed E-state index contributed by atoms with van der Waals surface area (Å²) in [5.41, 5.74) is 4.80. The van der Waals surface area contributed by atoms with E-state index in [1.165, 1.54) is 16.3 Å². The molecule has 0 saturated carbocycles. The van der Waals surface area contributed by atoms with Gasteiger partial charge in [-0.3, -0.25) is 0 Å². The molecule has 0 radical (unpaired) electrons. The fourth-order valence-electron chi connectivity index (χ4n) is 1.42. The third-order valence-electron chi connectivity index (χ3n) is 2.23. The van der Waals surface area contributed by atoms with Crippen molar-refractivity contribution in [3.63, 3.8) is 0 Å². The van der Waals surface area contributed by atoms with Crippen molar-refractivity contribution in [3.8, 4) is 0 Å². The van der Waals surface area contributed by atoms with Crippen LogP contribution >= 0.6 is 11.1 Å². The Morgan fingerprint density at radius 3 is 2.54 bits per heavy atom. The molecule has 0 saturated heterocycles. The van der Waals surface area contributed by atoms with Gasteiger partial charge in [-0.25, -0.2) is 0 Å². The topological polar surface area (TPSA) is 0 Å². The van der Waals surface area contributed by atoms with Gasteiger partial charge in [0, 0.05) is 0 Å². The summed E-state index contributed by atoms with van der Waals surface area (Å²) in [6.45, 7) is 2.02. The molecule has 0 amide bonds. The van der Waals surface area contributed by atoms with Crippen LogP contribution < -0.4 is 5.19 Å². The molecule has 66 valence electrons. The van der Waals surface area contributed by atoms with Gasteiger partial charge in [0.25, 0.3) is 0 Å². The third-order valence-corrected chi connectivity index (χ3v) is 5.14. The van der Waals surface area contributed by atoms with Crippen molar-refractivity contribution in [2.75, 3.05) is 0 Å². The van der Waals surface area contributed by atoms with Crippen LogP contribution in [-0.4, -0.2) is 8.11 Å². The molecule has 0 bridgehead atoms. The van der Waals surface area contributed by atoms with Gasteiger partial charge >= 0.3 is 0 Å². The van der Waals surface area contributed by atoms with Crippen molar-refractivity contribution in [1.29, 1.82) is 0 Å². The Morgan fingerprint density at radius 1 is 1.23 bits per heavy atom. The zero-order valence-electron chi connectivity index (χ0n) is 7.50. The minimum absolute atomic E-state index is 1.31. The Bertz CT molecular complexity index is 380. The summed E-state index contributed by atoms with van der Waals surface area (Å²) in [5.74, 6) is 0. The van der Waals surface area contributed by atoms with E-state index in [4.69, 9.17) is 11.1 Å². The number of hydrogen-bond acceptors (Lipinski definition) is 0. The first-order chi connectivity index (χ1) is 6.31. The smallest absolute Gasteiger partial charge is 0.160 e.